The lowest BCUT2D eigenvalue weighted by molar-refractivity contribution is -0.187. The molecule has 0 radical (unpaired) electrons. The van der Waals surface area contributed by atoms with Gasteiger partial charge in [-0.3, -0.25) is 0 Å². The second-order valence-electron chi connectivity index (χ2n) is 2.41. The number of hydrogen-bond acceptors (Lipinski definition) is 3. The van der Waals surface area contributed by atoms with Gasteiger partial charge in [-0.15, -0.1) is 0 Å². The minimum Gasteiger partial charge on any atom is -0.381 e. The topological polar surface area (TPSA) is 38.7 Å². The molecular weight excluding hydrogens is 132 g/mol. The highest BCUT2D eigenvalue weighted by Crippen LogP contribution is 2.14. The van der Waals surface area contributed by atoms with Crippen LogP contribution in [0.25, 0.3) is 0 Å². The van der Waals surface area contributed by atoms with Crippen LogP contribution in [0.4, 0.5) is 0 Å². The largest absolute Gasteiger partial charge is 0.381 e. The summed E-state index contributed by atoms with van der Waals surface area (Å²) in [6.07, 6.45) is 5.33. The third-order valence-electron chi connectivity index (χ3n) is 1.61. The monoisotopic (exact) mass is 144 g/mol. The summed E-state index contributed by atoms with van der Waals surface area (Å²) in [6.45, 7) is 1.62. The van der Waals surface area contributed by atoms with Gasteiger partial charge in [0, 0.05) is 12.5 Å². The van der Waals surface area contributed by atoms with Crippen LogP contribution in [0.1, 0.15) is 12.8 Å². The third kappa shape index (κ3) is 2.37. The van der Waals surface area contributed by atoms with E-state index in [1.54, 1.807) is 0 Å². The van der Waals surface area contributed by atoms with E-state index < -0.39 is 0 Å². The fourth-order valence-corrected chi connectivity index (χ4v) is 1.06. The smallest absolute Gasteiger partial charge is 0.125 e. The molecule has 1 aliphatic heterocycles. The molecular formula is C7H12O3. The van der Waals surface area contributed by atoms with E-state index in [1.807, 2.05) is 6.08 Å². The number of ether oxygens (including phenoxy) is 1. The maximum absolute atomic E-state index is 7.97. The van der Waals surface area contributed by atoms with E-state index in [9.17, 15) is 0 Å². The van der Waals surface area contributed by atoms with Gasteiger partial charge in [0.1, 0.15) is 6.26 Å². The summed E-state index contributed by atoms with van der Waals surface area (Å²) in [5.41, 5.74) is 0. The van der Waals surface area contributed by atoms with E-state index in [1.165, 1.54) is 6.26 Å². The number of rotatable bonds is 2. The molecule has 1 atom stereocenters. The number of hydrogen-bond donors (Lipinski definition) is 1. The minimum absolute atomic E-state index is 0.417. The van der Waals surface area contributed by atoms with E-state index >= 15 is 0 Å². The zero-order valence-corrected chi connectivity index (χ0v) is 5.82. The van der Waals surface area contributed by atoms with Crippen LogP contribution >= 0.6 is 0 Å². The molecule has 0 bridgehead atoms. The average molecular weight is 144 g/mol. The van der Waals surface area contributed by atoms with Crippen molar-refractivity contribution in [2.75, 3.05) is 13.2 Å². The van der Waals surface area contributed by atoms with Crippen LogP contribution < -0.4 is 0 Å². The molecule has 1 aliphatic rings. The molecule has 0 amide bonds. The summed E-state index contributed by atoms with van der Waals surface area (Å²) >= 11 is 0. The zero-order valence-electron chi connectivity index (χ0n) is 5.82. The van der Waals surface area contributed by atoms with Gasteiger partial charge < -0.3 is 9.62 Å². The molecule has 3 heteroatoms. The Hall–Kier alpha value is -0.540. The Bertz CT molecular complexity index is 105. The van der Waals surface area contributed by atoms with Gasteiger partial charge in [-0.1, -0.05) is 0 Å². The molecule has 1 fully saturated rings. The summed E-state index contributed by atoms with van der Waals surface area (Å²) < 4.78 is 5.19. The molecule has 0 aromatic rings. The van der Waals surface area contributed by atoms with E-state index in [-0.39, 0.29) is 0 Å². The SMILES string of the molecule is OOC=CC1CCCOC1. The second-order valence-corrected chi connectivity index (χ2v) is 2.41. The van der Waals surface area contributed by atoms with Crippen LogP contribution in [0.2, 0.25) is 0 Å². The normalized spacial score (nSPS) is 27.1. The first-order chi connectivity index (χ1) is 4.93. The highest BCUT2D eigenvalue weighted by molar-refractivity contribution is 4.83. The molecule has 0 aromatic heterocycles. The van der Waals surface area contributed by atoms with Crippen molar-refractivity contribution in [3.05, 3.63) is 12.3 Å². The lowest BCUT2D eigenvalue weighted by Gasteiger charge is -2.17. The molecule has 1 unspecified atom stereocenters. The van der Waals surface area contributed by atoms with Crippen molar-refractivity contribution in [2.45, 2.75) is 12.8 Å². The predicted molar refractivity (Wildman–Crippen MR) is 36.4 cm³/mol. The van der Waals surface area contributed by atoms with E-state index in [4.69, 9.17) is 9.99 Å². The lowest BCUT2D eigenvalue weighted by atomic mass is 10.0. The molecule has 1 N–H and O–H groups in total. The van der Waals surface area contributed by atoms with Gasteiger partial charge in [0.25, 0.3) is 0 Å². The summed E-state index contributed by atoms with van der Waals surface area (Å²) in [5, 5.41) is 7.97. The Labute approximate surface area is 60.2 Å². The van der Waals surface area contributed by atoms with Crippen LogP contribution in [0.5, 0.6) is 0 Å². The van der Waals surface area contributed by atoms with Crippen molar-refractivity contribution in [3.63, 3.8) is 0 Å². The average Bonchev–Trinajstić information content (AvgIpc) is 2.03. The Morgan fingerprint density at radius 1 is 1.60 bits per heavy atom. The van der Waals surface area contributed by atoms with Crippen molar-refractivity contribution in [3.8, 4) is 0 Å². The first kappa shape index (κ1) is 7.57. The van der Waals surface area contributed by atoms with Crippen molar-refractivity contribution in [1.29, 1.82) is 0 Å². The summed E-state index contributed by atoms with van der Waals surface area (Å²) in [6, 6.07) is 0. The second kappa shape index (κ2) is 4.30. The Morgan fingerprint density at radius 2 is 2.50 bits per heavy atom. The first-order valence-electron chi connectivity index (χ1n) is 3.48. The quantitative estimate of drug-likeness (QED) is 0.362. The van der Waals surface area contributed by atoms with Crippen LogP contribution in [0.15, 0.2) is 12.3 Å². The van der Waals surface area contributed by atoms with Crippen molar-refractivity contribution in [1.82, 2.24) is 0 Å². The minimum atomic E-state index is 0.417. The molecule has 0 spiro atoms. The van der Waals surface area contributed by atoms with Crippen LogP contribution in [0.3, 0.4) is 0 Å². The molecule has 0 aliphatic carbocycles. The van der Waals surface area contributed by atoms with Crippen LogP contribution in [-0.2, 0) is 9.62 Å². The maximum atomic E-state index is 7.97. The molecule has 58 valence electrons. The fourth-order valence-electron chi connectivity index (χ4n) is 1.06. The molecule has 10 heavy (non-hydrogen) atoms. The zero-order chi connectivity index (χ0) is 7.23. The standard InChI is InChI=1S/C7H12O3/c8-10-5-3-7-2-1-4-9-6-7/h3,5,7-8H,1-2,4,6H2. The van der Waals surface area contributed by atoms with Crippen LogP contribution in [0, 0.1) is 5.92 Å². The molecule has 3 nitrogen and oxygen atoms in total. The van der Waals surface area contributed by atoms with Gasteiger partial charge >= 0.3 is 0 Å². The van der Waals surface area contributed by atoms with Crippen molar-refractivity contribution >= 4 is 0 Å². The summed E-state index contributed by atoms with van der Waals surface area (Å²) in [5.74, 6) is 0.417. The van der Waals surface area contributed by atoms with Crippen molar-refractivity contribution in [2.24, 2.45) is 5.92 Å². The molecule has 1 saturated heterocycles. The van der Waals surface area contributed by atoms with Crippen molar-refractivity contribution < 1.29 is 14.9 Å². The molecule has 1 heterocycles. The molecule has 0 saturated carbocycles. The lowest BCUT2D eigenvalue weighted by Crippen LogP contribution is -2.14. The van der Waals surface area contributed by atoms with E-state index in [2.05, 4.69) is 4.89 Å². The maximum Gasteiger partial charge on any atom is 0.125 e. The molecule has 0 aromatic carbocycles. The summed E-state index contributed by atoms with van der Waals surface area (Å²) in [4.78, 5) is 3.81. The van der Waals surface area contributed by atoms with Gasteiger partial charge in [-0.2, -0.15) is 0 Å². The molecule has 1 rings (SSSR count). The first-order valence-corrected chi connectivity index (χ1v) is 3.48. The fraction of sp³-hybridized carbons (Fsp3) is 0.714. The van der Waals surface area contributed by atoms with E-state index in [0.29, 0.717) is 5.92 Å². The Kier molecular flexibility index (Phi) is 3.26. The Balaban J connectivity index is 2.19. The van der Waals surface area contributed by atoms with Gasteiger partial charge in [0.05, 0.1) is 6.61 Å². The third-order valence-corrected chi connectivity index (χ3v) is 1.61. The van der Waals surface area contributed by atoms with Gasteiger partial charge in [-0.05, 0) is 18.9 Å². The highest BCUT2D eigenvalue weighted by Gasteiger charge is 2.09. The van der Waals surface area contributed by atoms with E-state index in [0.717, 1.165) is 26.1 Å². The van der Waals surface area contributed by atoms with Gasteiger partial charge in [0.15, 0.2) is 0 Å². The van der Waals surface area contributed by atoms with Gasteiger partial charge in [0.2, 0.25) is 0 Å². The highest BCUT2D eigenvalue weighted by atomic mass is 17.1. The predicted octanol–water partition coefficient (Wildman–Crippen LogP) is 1.42. The van der Waals surface area contributed by atoms with Crippen LogP contribution in [-0.4, -0.2) is 18.5 Å². The Morgan fingerprint density at radius 3 is 3.10 bits per heavy atom. The van der Waals surface area contributed by atoms with Gasteiger partial charge in [-0.25, -0.2) is 5.26 Å². The summed E-state index contributed by atoms with van der Waals surface area (Å²) in [7, 11) is 0.